The van der Waals surface area contributed by atoms with E-state index in [0.29, 0.717) is 36.6 Å². The molecular formula is C18H18N6O. The number of nitriles is 2. The van der Waals surface area contributed by atoms with Gasteiger partial charge in [-0.15, -0.1) is 0 Å². The summed E-state index contributed by atoms with van der Waals surface area (Å²) in [6.45, 7) is 1.31. The van der Waals surface area contributed by atoms with Gasteiger partial charge in [0, 0.05) is 32.9 Å². The summed E-state index contributed by atoms with van der Waals surface area (Å²) in [4.78, 5) is 17.7. The maximum atomic E-state index is 12.1. The van der Waals surface area contributed by atoms with Gasteiger partial charge in [0.1, 0.15) is 11.9 Å². The molecule has 0 aliphatic carbocycles. The number of carbonyl (C=O) groups excluding carboxylic acids is 1. The van der Waals surface area contributed by atoms with Crippen LogP contribution >= 0.6 is 0 Å². The van der Waals surface area contributed by atoms with Gasteiger partial charge in [0.2, 0.25) is 0 Å². The Balaban J connectivity index is 1.76. The lowest BCUT2D eigenvalue weighted by atomic mass is 10.1. The molecule has 0 fully saturated rings. The summed E-state index contributed by atoms with van der Waals surface area (Å²) in [5, 5.41) is 23.6. The van der Waals surface area contributed by atoms with Crippen molar-refractivity contribution in [1.82, 2.24) is 15.2 Å². The first-order chi connectivity index (χ1) is 12.1. The molecule has 1 aromatic heterocycles. The average Bonchev–Trinajstić information content (AvgIpc) is 2.65. The van der Waals surface area contributed by atoms with Crippen LogP contribution in [-0.2, 0) is 6.54 Å². The number of carbonyl (C=O) groups is 1. The van der Waals surface area contributed by atoms with E-state index in [2.05, 4.69) is 27.8 Å². The Bertz CT molecular complexity index is 804. The van der Waals surface area contributed by atoms with Crippen molar-refractivity contribution in [3.63, 3.8) is 0 Å². The van der Waals surface area contributed by atoms with Crippen molar-refractivity contribution < 1.29 is 4.79 Å². The quantitative estimate of drug-likeness (QED) is 0.787. The first-order valence-corrected chi connectivity index (χ1v) is 7.71. The lowest BCUT2D eigenvalue weighted by Crippen LogP contribution is -2.39. The monoisotopic (exact) mass is 334 g/mol. The van der Waals surface area contributed by atoms with E-state index in [1.807, 2.05) is 12.1 Å². The summed E-state index contributed by atoms with van der Waals surface area (Å²) in [5.41, 5.74) is 2.00. The number of benzene rings is 1. The standard InChI is InChI=1S/C18H18N6O/c1-24(13-15-6-4-14(11-19)5-7-15)18(25)23-10-9-22-17-16(12-20)3-2-8-21-17/h2-8H,9-10,13H2,1H3,(H,21,22)(H,23,25). The lowest BCUT2D eigenvalue weighted by Gasteiger charge is -2.18. The van der Waals surface area contributed by atoms with E-state index in [-0.39, 0.29) is 6.03 Å². The van der Waals surface area contributed by atoms with Gasteiger partial charge in [0.05, 0.1) is 17.2 Å². The van der Waals surface area contributed by atoms with Crippen LogP contribution in [0.3, 0.4) is 0 Å². The van der Waals surface area contributed by atoms with Crippen LogP contribution in [0.4, 0.5) is 10.6 Å². The second kappa shape index (κ2) is 8.90. The molecule has 0 atom stereocenters. The Morgan fingerprint density at radius 3 is 2.60 bits per heavy atom. The maximum Gasteiger partial charge on any atom is 0.317 e. The number of urea groups is 1. The van der Waals surface area contributed by atoms with E-state index in [1.54, 1.807) is 42.4 Å². The highest BCUT2D eigenvalue weighted by Crippen LogP contribution is 2.08. The second-order valence-electron chi connectivity index (χ2n) is 5.33. The predicted octanol–water partition coefficient (Wildman–Crippen LogP) is 2.08. The zero-order valence-electron chi connectivity index (χ0n) is 13.9. The minimum Gasteiger partial charge on any atom is -0.367 e. The van der Waals surface area contributed by atoms with Crippen LogP contribution in [0, 0.1) is 22.7 Å². The molecule has 126 valence electrons. The number of rotatable bonds is 6. The molecule has 0 aliphatic heterocycles. The van der Waals surface area contributed by atoms with E-state index < -0.39 is 0 Å². The Hall–Kier alpha value is -3.58. The van der Waals surface area contributed by atoms with E-state index in [4.69, 9.17) is 10.5 Å². The van der Waals surface area contributed by atoms with E-state index >= 15 is 0 Å². The largest absolute Gasteiger partial charge is 0.367 e. The van der Waals surface area contributed by atoms with Crippen molar-refractivity contribution in [1.29, 1.82) is 10.5 Å². The second-order valence-corrected chi connectivity index (χ2v) is 5.33. The molecule has 0 bridgehead atoms. The first kappa shape index (κ1) is 17.8. The molecule has 0 aliphatic rings. The molecule has 1 aromatic carbocycles. The topological polar surface area (TPSA) is 105 Å². The van der Waals surface area contributed by atoms with Gasteiger partial charge in [-0.1, -0.05) is 12.1 Å². The van der Waals surface area contributed by atoms with Crippen molar-refractivity contribution in [2.75, 3.05) is 25.5 Å². The zero-order valence-corrected chi connectivity index (χ0v) is 13.9. The van der Waals surface area contributed by atoms with Gasteiger partial charge in [0.25, 0.3) is 0 Å². The van der Waals surface area contributed by atoms with Crippen molar-refractivity contribution in [3.8, 4) is 12.1 Å². The Labute approximate surface area is 146 Å². The van der Waals surface area contributed by atoms with Gasteiger partial charge in [-0.2, -0.15) is 10.5 Å². The van der Waals surface area contributed by atoms with E-state index in [1.165, 1.54) is 0 Å². The highest BCUT2D eigenvalue weighted by atomic mass is 16.2. The van der Waals surface area contributed by atoms with Crippen LogP contribution in [0.2, 0.25) is 0 Å². The predicted molar refractivity (Wildman–Crippen MR) is 93.5 cm³/mol. The summed E-state index contributed by atoms with van der Waals surface area (Å²) in [6.07, 6.45) is 1.60. The third-order valence-electron chi connectivity index (χ3n) is 3.47. The third kappa shape index (κ3) is 5.22. The van der Waals surface area contributed by atoms with Gasteiger partial charge >= 0.3 is 6.03 Å². The number of nitrogens with zero attached hydrogens (tertiary/aromatic N) is 4. The van der Waals surface area contributed by atoms with Crippen LogP contribution in [0.15, 0.2) is 42.6 Å². The average molecular weight is 334 g/mol. The number of hydrogen-bond acceptors (Lipinski definition) is 5. The summed E-state index contributed by atoms with van der Waals surface area (Å²) in [7, 11) is 1.70. The molecule has 7 nitrogen and oxygen atoms in total. The van der Waals surface area contributed by atoms with Crippen LogP contribution in [-0.4, -0.2) is 36.1 Å². The molecule has 2 aromatic rings. The Kier molecular flexibility index (Phi) is 6.32. The Morgan fingerprint density at radius 1 is 1.16 bits per heavy atom. The summed E-state index contributed by atoms with van der Waals surface area (Å²) >= 11 is 0. The molecule has 0 saturated carbocycles. The number of anilines is 1. The van der Waals surface area contributed by atoms with E-state index in [9.17, 15) is 4.79 Å². The lowest BCUT2D eigenvalue weighted by molar-refractivity contribution is 0.207. The fourth-order valence-corrected chi connectivity index (χ4v) is 2.15. The summed E-state index contributed by atoms with van der Waals surface area (Å²) < 4.78 is 0. The van der Waals surface area contributed by atoms with Crippen molar-refractivity contribution in [3.05, 3.63) is 59.3 Å². The SMILES string of the molecule is CN(Cc1ccc(C#N)cc1)C(=O)NCCNc1ncccc1C#N. The van der Waals surface area contributed by atoms with Gasteiger partial charge in [-0.05, 0) is 29.8 Å². The normalized spacial score (nSPS) is 9.56. The molecule has 1 heterocycles. The highest BCUT2D eigenvalue weighted by Gasteiger charge is 2.08. The molecule has 0 unspecified atom stereocenters. The van der Waals surface area contributed by atoms with Gasteiger partial charge in [-0.3, -0.25) is 0 Å². The number of hydrogen-bond donors (Lipinski definition) is 2. The smallest absolute Gasteiger partial charge is 0.317 e. The maximum absolute atomic E-state index is 12.1. The molecule has 7 heteroatoms. The molecule has 25 heavy (non-hydrogen) atoms. The Morgan fingerprint density at radius 2 is 1.92 bits per heavy atom. The molecule has 2 amide bonds. The molecule has 0 radical (unpaired) electrons. The van der Waals surface area contributed by atoms with Crippen LogP contribution < -0.4 is 10.6 Å². The zero-order chi connectivity index (χ0) is 18.1. The number of pyridine rings is 1. The first-order valence-electron chi connectivity index (χ1n) is 7.71. The fourth-order valence-electron chi connectivity index (χ4n) is 2.15. The number of amides is 2. The minimum atomic E-state index is -0.201. The fraction of sp³-hybridized carbons (Fsp3) is 0.222. The van der Waals surface area contributed by atoms with Crippen molar-refractivity contribution >= 4 is 11.8 Å². The van der Waals surface area contributed by atoms with Gasteiger partial charge < -0.3 is 15.5 Å². The molecule has 2 N–H and O–H groups in total. The van der Waals surface area contributed by atoms with E-state index in [0.717, 1.165) is 5.56 Å². The van der Waals surface area contributed by atoms with Gasteiger partial charge in [0.15, 0.2) is 0 Å². The van der Waals surface area contributed by atoms with Crippen LogP contribution in [0.1, 0.15) is 16.7 Å². The minimum absolute atomic E-state index is 0.201. The summed E-state index contributed by atoms with van der Waals surface area (Å²) in [6, 6.07) is 14.4. The number of aromatic nitrogens is 1. The van der Waals surface area contributed by atoms with Crippen molar-refractivity contribution in [2.45, 2.75) is 6.54 Å². The highest BCUT2D eigenvalue weighted by molar-refractivity contribution is 5.73. The molecule has 2 rings (SSSR count). The molecule has 0 spiro atoms. The van der Waals surface area contributed by atoms with Gasteiger partial charge in [-0.25, -0.2) is 9.78 Å². The molecule has 0 saturated heterocycles. The summed E-state index contributed by atoms with van der Waals surface area (Å²) in [5.74, 6) is 0.505. The number of nitrogens with one attached hydrogen (secondary N) is 2. The van der Waals surface area contributed by atoms with Crippen LogP contribution in [0.5, 0.6) is 0 Å². The molecular weight excluding hydrogens is 316 g/mol. The van der Waals surface area contributed by atoms with Crippen LogP contribution in [0.25, 0.3) is 0 Å². The third-order valence-corrected chi connectivity index (χ3v) is 3.47. The van der Waals surface area contributed by atoms with Crippen molar-refractivity contribution in [2.24, 2.45) is 0 Å².